The second-order valence-corrected chi connectivity index (χ2v) is 7.48. The van der Waals surface area contributed by atoms with E-state index in [9.17, 15) is 18.0 Å². The Hall–Kier alpha value is -3.60. The molecule has 1 saturated heterocycles. The molecule has 4 heterocycles. The molecule has 0 atom stereocenters. The highest BCUT2D eigenvalue weighted by Crippen LogP contribution is 2.40. The van der Waals surface area contributed by atoms with Gasteiger partial charge in [-0.3, -0.25) is 14.8 Å². The van der Waals surface area contributed by atoms with Crippen LogP contribution >= 0.6 is 0 Å². The van der Waals surface area contributed by atoms with Gasteiger partial charge in [0, 0.05) is 34.8 Å². The molecule has 7 nitrogen and oxygen atoms in total. The largest absolute Gasteiger partial charge is 0.481 e. The van der Waals surface area contributed by atoms with E-state index in [0.717, 1.165) is 6.20 Å². The number of nitrogens with zero attached hydrogens (tertiary/aromatic N) is 3. The van der Waals surface area contributed by atoms with E-state index in [2.05, 4.69) is 20.3 Å². The van der Waals surface area contributed by atoms with Crippen molar-refractivity contribution < 1.29 is 31.8 Å². The maximum atomic E-state index is 15.0. The molecular formula is C22H18F4N4O3. The summed E-state index contributed by atoms with van der Waals surface area (Å²) in [6.07, 6.45) is -0.901. The van der Waals surface area contributed by atoms with Gasteiger partial charge in [-0.05, 0) is 31.2 Å². The Bertz CT molecular complexity index is 1210. The Morgan fingerprint density at radius 1 is 1.15 bits per heavy atom. The molecular weight excluding hydrogens is 444 g/mol. The first-order valence-electron chi connectivity index (χ1n) is 9.73. The molecule has 0 saturated carbocycles. The van der Waals surface area contributed by atoms with Crippen molar-refractivity contribution in [3.63, 3.8) is 0 Å². The Morgan fingerprint density at radius 3 is 2.55 bits per heavy atom. The molecule has 3 aromatic rings. The fraction of sp³-hybridized carbons (Fsp3) is 0.273. The molecule has 3 aromatic heterocycles. The summed E-state index contributed by atoms with van der Waals surface area (Å²) in [5.41, 5.74) is -0.972. The molecule has 1 amide bonds. The zero-order valence-corrected chi connectivity index (χ0v) is 17.5. The third-order valence-electron chi connectivity index (χ3n) is 5.16. The lowest BCUT2D eigenvalue weighted by Gasteiger charge is -2.34. The lowest BCUT2D eigenvalue weighted by atomic mass is 9.92. The maximum absolute atomic E-state index is 15.0. The number of carbonyl (C=O) groups is 1. The highest BCUT2D eigenvalue weighted by molar-refractivity contribution is 6.04. The van der Waals surface area contributed by atoms with Crippen molar-refractivity contribution in [1.29, 1.82) is 0 Å². The molecule has 0 spiro atoms. The first-order chi connectivity index (χ1) is 15.6. The summed E-state index contributed by atoms with van der Waals surface area (Å²) >= 11 is 0. The number of ether oxygens (including phenoxy) is 2. The number of aryl methyl sites for hydroxylation is 1. The van der Waals surface area contributed by atoms with E-state index < -0.39 is 23.4 Å². The van der Waals surface area contributed by atoms with E-state index in [0.29, 0.717) is 22.9 Å². The lowest BCUT2D eigenvalue weighted by molar-refractivity contribution is -0.141. The second kappa shape index (κ2) is 8.39. The Labute approximate surface area is 185 Å². The summed E-state index contributed by atoms with van der Waals surface area (Å²) in [5, 5.41) is 2.53. The van der Waals surface area contributed by atoms with E-state index >= 15 is 4.39 Å². The molecule has 11 heteroatoms. The maximum Gasteiger partial charge on any atom is 0.433 e. The highest BCUT2D eigenvalue weighted by atomic mass is 19.4. The summed E-state index contributed by atoms with van der Waals surface area (Å²) < 4.78 is 63.9. The van der Waals surface area contributed by atoms with Gasteiger partial charge in [-0.1, -0.05) is 0 Å². The quantitative estimate of drug-likeness (QED) is 0.569. The Morgan fingerprint density at radius 2 is 1.91 bits per heavy atom. The number of halogens is 4. The van der Waals surface area contributed by atoms with E-state index in [1.54, 1.807) is 19.1 Å². The molecule has 1 fully saturated rings. The van der Waals surface area contributed by atoms with Gasteiger partial charge >= 0.3 is 6.18 Å². The van der Waals surface area contributed by atoms with E-state index in [4.69, 9.17) is 9.47 Å². The number of alkyl halides is 4. The number of methoxy groups -OCH3 is 1. The number of carbonyl (C=O) groups excluding carboxylic acids is 1. The number of amides is 1. The zero-order chi connectivity index (χ0) is 23.8. The van der Waals surface area contributed by atoms with Crippen LogP contribution in [0.3, 0.4) is 0 Å². The predicted octanol–water partition coefficient (Wildman–Crippen LogP) is 4.32. The van der Waals surface area contributed by atoms with Crippen LogP contribution in [0.4, 0.5) is 23.2 Å². The van der Waals surface area contributed by atoms with Crippen molar-refractivity contribution in [2.45, 2.75) is 18.8 Å². The van der Waals surface area contributed by atoms with Crippen LogP contribution in [0, 0.1) is 6.92 Å². The number of hydrogen-bond acceptors (Lipinski definition) is 6. The lowest BCUT2D eigenvalue weighted by Crippen LogP contribution is -2.43. The van der Waals surface area contributed by atoms with Crippen molar-refractivity contribution in [1.82, 2.24) is 15.0 Å². The molecule has 1 aliphatic heterocycles. The van der Waals surface area contributed by atoms with Crippen molar-refractivity contribution >= 4 is 11.6 Å². The summed E-state index contributed by atoms with van der Waals surface area (Å²) in [6, 6.07) is 5.01. The molecule has 33 heavy (non-hydrogen) atoms. The minimum atomic E-state index is -4.67. The average Bonchev–Trinajstić information content (AvgIpc) is 2.78. The molecule has 1 N–H and O–H groups in total. The normalized spacial score (nSPS) is 15.0. The summed E-state index contributed by atoms with van der Waals surface area (Å²) in [6.45, 7) is 1.49. The van der Waals surface area contributed by atoms with Crippen LogP contribution in [0.5, 0.6) is 5.88 Å². The second-order valence-electron chi connectivity index (χ2n) is 7.48. The standard InChI is InChI=1S/C22H18F4N4O3/c1-12-16(14-5-17(20(32-2)29-8-14)21(23)10-33-11-21)7-15(9-28-12)30-19(31)13-3-4-27-18(6-13)22(24,25)26/h3-9H,10-11H2,1-2H3,(H,30,31). The fourth-order valence-electron chi connectivity index (χ4n) is 3.34. The van der Waals surface area contributed by atoms with E-state index in [1.165, 1.54) is 25.6 Å². The smallest absolute Gasteiger partial charge is 0.433 e. The number of rotatable bonds is 5. The Kier molecular flexibility index (Phi) is 5.75. The van der Waals surface area contributed by atoms with Gasteiger partial charge in [-0.2, -0.15) is 13.2 Å². The number of aromatic nitrogens is 3. The minimum Gasteiger partial charge on any atom is -0.481 e. The van der Waals surface area contributed by atoms with Gasteiger partial charge in [-0.15, -0.1) is 0 Å². The van der Waals surface area contributed by atoms with Crippen LogP contribution in [-0.4, -0.2) is 41.2 Å². The SMILES string of the molecule is COc1ncc(-c2cc(NC(=O)c3ccnc(C(F)(F)F)c3)cnc2C)cc1C1(F)COC1. The topological polar surface area (TPSA) is 86.2 Å². The number of pyridine rings is 3. The van der Waals surface area contributed by atoms with Gasteiger partial charge < -0.3 is 14.8 Å². The van der Waals surface area contributed by atoms with Crippen molar-refractivity contribution in [2.24, 2.45) is 0 Å². The number of nitrogens with one attached hydrogen (secondary N) is 1. The summed E-state index contributed by atoms with van der Waals surface area (Å²) in [7, 11) is 1.39. The molecule has 0 radical (unpaired) electrons. The predicted molar refractivity (Wildman–Crippen MR) is 110 cm³/mol. The van der Waals surface area contributed by atoms with Crippen LogP contribution in [-0.2, 0) is 16.6 Å². The van der Waals surface area contributed by atoms with Crippen molar-refractivity contribution in [3.05, 3.63) is 65.4 Å². The zero-order valence-electron chi connectivity index (χ0n) is 17.5. The molecule has 172 valence electrons. The molecule has 0 bridgehead atoms. The summed E-state index contributed by atoms with van der Waals surface area (Å²) in [4.78, 5) is 24.2. The first kappa shape index (κ1) is 22.6. The molecule has 0 unspecified atom stereocenters. The third kappa shape index (κ3) is 4.49. The van der Waals surface area contributed by atoms with Crippen LogP contribution in [0.15, 0.2) is 42.9 Å². The van der Waals surface area contributed by atoms with Crippen molar-refractivity contribution in [2.75, 3.05) is 25.6 Å². The van der Waals surface area contributed by atoms with Gasteiger partial charge in [-0.25, -0.2) is 9.37 Å². The first-order valence-corrected chi connectivity index (χ1v) is 9.73. The fourth-order valence-corrected chi connectivity index (χ4v) is 3.34. The van der Waals surface area contributed by atoms with Crippen LogP contribution in [0.1, 0.15) is 27.3 Å². The van der Waals surface area contributed by atoms with E-state index in [-0.39, 0.29) is 35.9 Å². The molecule has 0 aliphatic carbocycles. The number of anilines is 1. The van der Waals surface area contributed by atoms with Gasteiger partial charge in [0.1, 0.15) is 5.69 Å². The van der Waals surface area contributed by atoms with Gasteiger partial charge in [0.05, 0.1) is 37.8 Å². The van der Waals surface area contributed by atoms with Crippen LogP contribution in [0.25, 0.3) is 11.1 Å². The van der Waals surface area contributed by atoms with Crippen LogP contribution < -0.4 is 10.1 Å². The van der Waals surface area contributed by atoms with Gasteiger partial charge in [0.2, 0.25) is 5.88 Å². The molecule has 0 aromatic carbocycles. The molecule has 1 aliphatic rings. The third-order valence-corrected chi connectivity index (χ3v) is 5.16. The van der Waals surface area contributed by atoms with Gasteiger partial charge in [0.15, 0.2) is 5.67 Å². The van der Waals surface area contributed by atoms with Crippen LogP contribution in [0.2, 0.25) is 0 Å². The monoisotopic (exact) mass is 462 g/mol. The molecule has 4 rings (SSSR count). The van der Waals surface area contributed by atoms with Gasteiger partial charge in [0.25, 0.3) is 5.91 Å². The average molecular weight is 462 g/mol. The van der Waals surface area contributed by atoms with E-state index in [1.807, 2.05) is 0 Å². The highest BCUT2D eigenvalue weighted by Gasteiger charge is 2.43. The summed E-state index contributed by atoms with van der Waals surface area (Å²) in [5.74, 6) is -0.625. The number of hydrogen-bond donors (Lipinski definition) is 1. The van der Waals surface area contributed by atoms with Crippen molar-refractivity contribution in [3.8, 4) is 17.0 Å². The minimum absolute atomic E-state index is 0.117. The Balaban J connectivity index is 1.64.